The van der Waals surface area contributed by atoms with E-state index < -0.39 is 24.0 Å². The molecule has 1 aromatic rings. The van der Waals surface area contributed by atoms with Crippen LogP contribution >= 0.6 is 0 Å². The first-order valence-electron chi connectivity index (χ1n) is 7.48. The standard InChI is InChI=1S/C17H24O5/c1-12(2)9-10-15(17(19)20)16(22-13(3)18)11-21-14-7-5-4-6-8-14/h4-8,12,15-16H,9-11H2,1-3H3,(H,19,20)/t15-,16-/m0/s1. The van der Waals surface area contributed by atoms with Crippen molar-refractivity contribution in [3.8, 4) is 5.75 Å². The lowest BCUT2D eigenvalue weighted by Crippen LogP contribution is -2.37. The molecule has 0 fully saturated rings. The lowest BCUT2D eigenvalue weighted by molar-refractivity contribution is -0.159. The van der Waals surface area contributed by atoms with Crippen LogP contribution in [0.25, 0.3) is 0 Å². The molecule has 0 bridgehead atoms. The molecule has 0 aliphatic rings. The minimum atomic E-state index is -0.969. The molecule has 1 aromatic carbocycles. The highest BCUT2D eigenvalue weighted by atomic mass is 16.6. The van der Waals surface area contributed by atoms with Crippen molar-refractivity contribution in [2.75, 3.05) is 6.61 Å². The fourth-order valence-corrected chi connectivity index (χ4v) is 2.12. The van der Waals surface area contributed by atoms with Crippen LogP contribution in [-0.2, 0) is 14.3 Å². The molecular weight excluding hydrogens is 284 g/mol. The first-order valence-corrected chi connectivity index (χ1v) is 7.48. The largest absolute Gasteiger partial charge is 0.490 e. The molecule has 0 aliphatic carbocycles. The quantitative estimate of drug-likeness (QED) is 0.709. The summed E-state index contributed by atoms with van der Waals surface area (Å²) in [5.41, 5.74) is 0. The Morgan fingerprint density at radius 3 is 2.27 bits per heavy atom. The van der Waals surface area contributed by atoms with Crippen molar-refractivity contribution < 1.29 is 24.2 Å². The average Bonchev–Trinajstić information content (AvgIpc) is 2.44. The van der Waals surface area contributed by atoms with Crippen LogP contribution < -0.4 is 4.74 Å². The van der Waals surface area contributed by atoms with Crippen LogP contribution in [0.15, 0.2) is 30.3 Å². The van der Waals surface area contributed by atoms with Gasteiger partial charge in [-0.15, -0.1) is 0 Å². The number of rotatable bonds is 9. The number of aliphatic carboxylic acids is 1. The lowest BCUT2D eigenvalue weighted by Gasteiger charge is -2.24. The molecule has 0 heterocycles. The summed E-state index contributed by atoms with van der Waals surface area (Å²) in [7, 11) is 0. The maximum atomic E-state index is 11.5. The van der Waals surface area contributed by atoms with E-state index in [1.807, 2.05) is 32.0 Å². The first-order chi connectivity index (χ1) is 10.4. The third-order valence-corrected chi connectivity index (χ3v) is 3.30. The Bertz CT molecular complexity index is 469. The van der Waals surface area contributed by atoms with E-state index >= 15 is 0 Å². The van der Waals surface area contributed by atoms with Gasteiger partial charge in [-0.1, -0.05) is 38.5 Å². The van der Waals surface area contributed by atoms with Crippen molar-refractivity contribution >= 4 is 11.9 Å². The zero-order chi connectivity index (χ0) is 16.5. The molecule has 0 aromatic heterocycles. The van der Waals surface area contributed by atoms with E-state index in [-0.39, 0.29) is 6.61 Å². The van der Waals surface area contributed by atoms with E-state index in [9.17, 15) is 14.7 Å². The summed E-state index contributed by atoms with van der Waals surface area (Å²) in [5, 5.41) is 9.42. The number of hydrogen-bond donors (Lipinski definition) is 1. The summed E-state index contributed by atoms with van der Waals surface area (Å²) in [5.74, 6) is -1.24. The van der Waals surface area contributed by atoms with Gasteiger partial charge in [-0.05, 0) is 24.5 Å². The average molecular weight is 308 g/mol. The molecule has 0 amide bonds. The van der Waals surface area contributed by atoms with Crippen LogP contribution in [0.3, 0.4) is 0 Å². The van der Waals surface area contributed by atoms with Gasteiger partial charge in [0.1, 0.15) is 18.5 Å². The van der Waals surface area contributed by atoms with Crippen molar-refractivity contribution in [1.82, 2.24) is 0 Å². The normalized spacial score (nSPS) is 13.5. The molecular formula is C17H24O5. The van der Waals surface area contributed by atoms with Crippen molar-refractivity contribution in [3.63, 3.8) is 0 Å². The van der Waals surface area contributed by atoms with Gasteiger partial charge in [0.25, 0.3) is 0 Å². The molecule has 0 aliphatic heterocycles. The zero-order valence-electron chi connectivity index (χ0n) is 13.3. The summed E-state index contributed by atoms with van der Waals surface area (Å²) < 4.78 is 10.7. The Balaban J connectivity index is 2.74. The minimum Gasteiger partial charge on any atom is -0.490 e. The lowest BCUT2D eigenvalue weighted by atomic mass is 9.93. The maximum Gasteiger partial charge on any atom is 0.310 e. The van der Waals surface area contributed by atoms with Crippen LogP contribution in [0.4, 0.5) is 0 Å². The molecule has 0 unspecified atom stereocenters. The number of carbonyl (C=O) groups excluding carboxylic acids is 1. The van der Waals surface area contributed by atoms with Gasteiger partial charge in [0.2, 0.25) is 0 Å². The molecule has 0 saturated heterocycles. The Hall–Kier alpha value is -2.04. The molecule has 1 rings (SSSR count). The minimum absolute atomic E-state index is 0.0264. The molecule has 1 N–H and O–H groups in total. The second-order valence-corrected chi connectivity index (χ2v) is 5.69. The Labute approximate surface area is 131 Å². The van der Waals surface area contributed by atoms with E-state index in [2.05, 4.69) is 0 Å². The predicted octanol–water partition coefficient (Wildman–Crippen LogP) is 3.13. The summed E-state index contributed by atoms with van der Waals surface area (Å²) in [6.07, 6.45) is 0.400. The zero-order valence-corrected chi connectivity index (χ0v) is 13.3. The monoisotopic (exact) mass is 308 g/mol. The van der Waals surface area contributed by atoms with Crippen LogP contribution in [0.2, 0.25) is 0 Å². The molecule has 122 valence electrons. The van der Waals surface area contributed by atoms with E-state index in [0.717, 1.165) is 6.42 Å². The number of ether oxygens (including phenoxy) is 2. The van der Waals surface area contributed by atoms with Crippen LogP contribution in [-0.4, -0.2) is 29.8 Å². The third kappa shape index (κ3) is 6.61. The van der Waals surface area contributed by atoms with Crippen LogP contribution in [0.5, 0.6) is 5.75 Å². The van der Waals surface area contributed by atoms with E-state index in [1.54, 1.807) is 12.1 Å². The maximum absolute atomic E-state index is 11.5. The number of carboxylic acid groups (broad SMARTS) is 1. The van der Waals surface area contributed by atoms with Gasteiger partial charge in [-0.2, -0.15) is 0 Å². The smallest absolute Gasteiger partial charge is 0.310 e. The van der Waals surface area contributed by atoms with Gasteiger partial charge in [-0.25, -0.2) is 0 Å². The van der Waals surface area contributed by atoms with Crippen molar-refractivity contribution in [3.05, 3.63) is 30.3 Å². The fourth-order valence-electron chi connectivity index (χ4n) is 2.12. The topological polar surface area (TPSA) is 72.8 Å². The highest BCUT2D eigenvalue weighted by Gasteiger charge is 2.31. The fraction of sp³-hybridized carbons (Fsp3) is 0.529. The van der Waals surface area contributed by atoms with Crippen molar-refractivity contribution in [1.29, 1.82) is 0 Å². The van der Waals surface area contributed by atoms with Gasteiger partial charge in [0, 0.05) is 6.92 Å². The third-order valence-electron chi connectivity index (χ3n) is 3.30. The Morgan fingerprint density at radius 2 is 1.77 bits per heavy atom. The van der Waals surface area contributed by atoms with Gasteiger partial charge in [0.15, 0.2) is 0 Å². The Morgan fingerprint density at radius 1 is 1.14 bits per heavy atom. The molecule has 0 radical (unpaired) electrons. The van der Waals surface area contributed by atoms with Gasteiger partial charge >= 0.3 is 11.9 Å². The molecule has 22 heavy (non-hydrogen) atoms. The number of para-hydroxylation sites is 1. The highest BCUT2D eigenvalue weighted by molar-refractivity contribution is 5.72. The highest BCUT2D eigenvalue weighted by Crippen LogP contribution is 2.20. The summed E-state index contributed by atoms with van der Waals surface area (Å²) in [4.78, 5) is 22.8. The van der Waals surface area contributed by atoms with Gasteiger partial charge < -0.3 is 14.6 Å². The van der Waals surface area contributed by atoms with Crippen LogP contribution in [0, 0.1) is 11.8 Å². The Kier molecular flexibility index (Phi) is 7.43. The summed E-state index contributed by atoms with van der Waals surface area (Å²) in [6.45, 7) is 5.36. The van der Waals surface area contributed by atoms with E-state index in [1.165, 1.54) is 6.92 Å². The van der Waals surface area contributed by atoms with Gasteiger partial charge in [-0.3, -0.25) is 9.59 Å². The number of carboxylic acids is 1. The number of benzene rings is 1. The van der Waals surface area contributed by atoms with Crippen LogP contribution in [0.1, 0.15) is 33.6 Å². The van der Waals surface area contributed by atoms with Crippen molar-refractivity contribution in [2.24, 2.45) is 11.8 Å². The first kappa shape index (κ1) is 18.0. The molecule has 2 atom stereocenters. The SMILES string of the molecule is CC(=O)O[C@@H](COc1ccccc1)[C@H](CCC(C)C)C(=O)O. The number of carbonyl (C=O) groups is 2. The molecule has 0 spiro atoms. The molecule has 0 saturated carbocycles. The predicted molar refractivity (Wildman–Crippen MR) is 82.7 cm³/mol. The number of hydrogen-bond acceptors (Lipinski definition) is 4. The summed E-state index contributed by atoms with van der Waals surface area (Å²) >= 11 is 0. The second kappa shape index (κ2) is 9.07. The van der Waals surface area contributed by atoms with Crippen molar-refractivity contribution in [2.45, 2.75) is 39.7 Å². The second-order valence-electron chi connectivity index (χ2n) is 5.69. The van der Waals surface area contributed by atoms with Gasteiger partial charge in [0.05, 0.1) is 5.92 Å². The molecule has 5 nitrogen and oxygen atoms in total. The van der Waals surface area contributed by atoms with E-state index in [0.29, 0.717) is 18.1 Å². The number of esters is 1. The molecule has 5 heteroatoms. The van der Waals surface area contributed by atoms with E-state index in [4.69, 9.17) is 9.47 Å². The summed E-state index contributed by atoms with van der Waals surface area (Å²) in [6, 6.07) is 9.05.